The van der Waals surface area contributed by atoms with Crippen molar-refractivity contribution in [3.63, 3.8) is 0 Å². The van der Waals surface area contributed by atoms with Gasteiger partial charge in [-0.1, -0.05) is 5.92 Å². The average molecular weight is 278 g/mol. The second kappa shape index (κ2) is 5.70. The maximum Gasteiger partial charge on any atom is 0.227 e. The van der Waals surface area contributed by atoms with E-state index < -0.39 is 17.6 Å². The molecule has 1 heterocycles. The van der Waals surface area contributed by atoms with E-state index in [2.05, 4.69) is 11.2 Å². The van der Waals surface area contributed by atoms with Gasteiger partial charge in [-0.25, -0.2) is 8.78 Å². The number of anilines is 1. The third-order valence-corrected chi connectivity index (χ3v) is 3.02. The first-order valence-corrected chi connectivity index (χ1v) is 5.99. The number of nitrogens with zero attached hydrogens (tertiary/aromatic N) is 1. The lowest BCUT2D eigenvalue weighted by Gasteiger charge is -2.16. The van der Waals surface area contributed by atoms with E-state index in [1.807, 2.05) is 0 Å². The molecule has 0 aromatic heterocycles. The van der Waals surface area contributed by atoms with Gasteiger partial charge in [0.25, 0.3) is 0 Å². The number of hydrogen-bond acceptors (Lipinski definition) is 2. The SMILES string of the molecule is C#CCNC(=O)C1CC(=O)N(c2cc(F)cc(F)c2)C1. The molecule has 0 spiro atoms. The van der Waals surface area contributed by atoms with Gasteiger partial charge in [-0.3, -0.25) is 9.59 Å². The highest BCUT2D eigenvalue weighted by atomic mass is 19.1. The molecule has 2 rings (SSSR count). The Morgan fingerprint density at radius 2 is 2.05 bits per heavy atom. The van der Waals surface area contributed by atoms with Gasteiger partial charge in [0.15, 0.2) is 0 Å². The Kier molecular flexibility index (Phi) is 3.99. The number of rotatable bonds is 3. The predicted molar refractivity (Wildman–Crippen MR) is 68.7 cm³/mol. The summed E-state index contributed by atoms with van der Waals surface area (Å²) in [5.41, 5.74) is 0.111. The first-order chi connectivity index (χ1) is 9.51. The zero-order chi connectivity index (χ0) is 14.7. The smallest absolute Gasteiger partial charge is 0.227 e. The lowest BCUT2D eigenvalue weighted by molar-refractivity contribution is -0.126. The molecule has 20 heavy (non-hydrogen) atoms. The van der Waals surface area contributed by atoms with Gasteiger partial charge in [0, 0.05) is 24.7 Å². The van der Waals surface area contributed by atoms with E-state index in [1.165, 1.54) is 4.90 Å². The lowest BCUT2D eigenvalue weighted by Crippen LogP contribution is -2.33. The fourth-order valence-corrected chi connectivity index (χ4v) is 2.11. The zero-order valence-corrected chi connectivity index (χ0v) is 10.5. The van der Waals surface area contributed by atoms with Crippen molar-refractivity contribution in [1.29, 1.82) is 0 Å². The quantitative estimate of drug-likeness (QED) is 0.841. The average Bonchev–Trinajstić information content (AvgIpc) is 2.77. The topological polar surface area (TPSA) is 49.4 Å². The van der Waals surface area contributed by atoms with Crippen LogP contribution in [0.15, 0.2) is 18.2 Å². The van der Waals surface area contributed by atoms with Crippen LogP contribution in [0.2, 0.25) is 0 Å². The monoisotopic (exact) mass is 278 g/mol. The Morgan fingerprint density at radius 3 is 2.65 bits per heavy atom. The molecule has 6 heteroatoms. The molecule has 1 N–H and O–H groups in total. The minimum atomic E-state index is -0.770. The Morgan fingerprint density at radius 1 is 1.40 bits per heavy atom. The van der Waals surface area contributed by atoms with Gasteiger partial charge in [-0.15, -0.1) is 6.42 Å². The van der Waals surface area contributed by atoms with Crippen LogP contribution in [0.4, 0.5) is 14.5 Å². The van der Waals surface area contributed by atoms with Crippen LogP contribution in [-0.2, 0) is 9.59 Å². The van der Waals surface area contributed by atoms with Crippen molar-refractivity contribution in [2.75, 3.05) is 18.0 Å². The molecule has 1 aliphatic heterocycles. The van der Waals surface area contributed by atoms with E-state index in [0.29, 0.717) is 0 Å². The number of halogens is 2. The summed E-state index contributed by atoms with van der Waals surface area (Å²) in [6.45, 7) is 0.163. The highest BCUT2D eigenvalue weighted by Crippen LogP contribution is 2.26. The number of carbonyl (C=O) groups is 2. The van der Waals surface area contributed by atoms with Crippen molar-refractivity contribution in [2.45, 2.75) is 6.42 Å². The molecule has 4 nitrogen and oxygen atoms in total. The second-order valence-electron chi connectivity index (χ2n) is 4.45. The number of carbonyl (C=O) groups excluding carboxylic acids is 2. The van der Waals surface area contributed by atoms with Crippen LogP contribution in [0, 0.1) is 29.9 Å². The number of terminal acetylenes is 1. The summed E-state index contributed by atoms with van der Waals surface area (Å²) >= 11 is 0. The fraction of sp³-hybridized carbons (Fsp3) is 0.286. The Labute approximate surface area is 114 Å². The van der Waals surface area contributed by atoms with Crippen molar-refractivity contribution < 1.29 is 18.4 Å². The molecule has 1 saturated heterocycles. The molecule has 1 fully saturated rings. The summed E-state index contributed by atoms with van der Waals surface area (Å²) in [7, 11) is 0. The molecular formula is C14H12F2N2O2. The molecule has 1 aliphatic rings. The van der Waals surface area contributed by atoms with Crippen LogP contribution < -0.4 is 10.2 Å². The van der Waals surface area contributed by atoms with Gasteiger partial charge in [0.2, 0.25) is 11.8 Å². The molecule has 1 unspecified atom stereocenters. The first kappa shape index (κ1) is 14.0. The minimum absolute atomic E-state index is 0.00542. The van der Waals surface area contributed by atoms with E-state index in [9.17, 15) is 18.4 Å². The molecule has 1 atom stereocenters. The van der Waals surface area contributed by atoms with E-state index >= 15 is 0 Å². The van der Waals surface area contributed by atoms with E-state index in [4.69, 9.17) is 6.42 Å². The van der Waals surface area contributed by atoms with Crippen molar-refractivity contribution in [1.82, 2.24) is 5.32 Å². The second-order valence-corrected chi connectivity index (χ2v) is 4.45. The van der Waals surface area contributed by atoms with E-state index in [0.717, 1.165) is 18.2 Å². The summed E-state index contributed by atoms with van der Waals surface area (Å²) in [6, 6.07) is 2.84. The zero-order valence-electron chi connectivity index (χ0n) is 10.5. The van der Waals surface area contributed by atoms with Crippen molar-refractivity contribution >= 4 is 17.5 Å². The summed E-state index contributed by atoms with van der Waals surface area (Å²) in [5, 5.41) is 2.49. The maximum absolute atomic E-state index is 13.2. The third-order valence-electron chi connectivity index (χ3n) is 3.02. The number of amides is 2. The summed E-state index contributed by atoms with van der Waals surface area (Å²) in [5.74, 6) is -0.535. The fourth-order valence-electron chi connectivity index (χ4n) is 2.11. The molecule has 0 aliphatic carbocycles. The molecule has 1 aromatic carbocycles. The van der Waals surface area contributed by atoms with Crippen molar-refractivity contribution in [3.05, 3.63) is 29.8 Å². The normalized spacial score (nSPS) is 17.9. The first-order valence-electron chi connectivity index (χ1n) is 5.99. The summed E-state index contributed by atoms with van der Waals surface area (Å²) in [6.07, 6.45) is 5.02. The summed E-state index contributed by atoms with van der Waals surface area (Å²) < 4.78 is 26.3. The molecule has 0 saturated carbocycles. The largest absolute Gasteiger partial charge is 0.345 e. The molecule has 2 amide bonds. The van der Waals surface area contributed by atoms with Crippen LogP contribution in [0.1, 0.15) is 6.42 Å². The van der Waals surface area contributed by atoms with Gasteiger partial charge >= 0.3 is 0 Å². The van der Waals surface area contributed by atoms with Crippen LogP contribution in [0.5, 0.6) is 0 Å². The standard InChI is InChI=1S/C14H12F2N2O2/c1-2-3-17-14(20)9-4-13(19)18(8-9)12-6-10(15)5-11(16)7-12/h1,5-7,9H,3-4,8H2,(H,17,20). The minimum Gasteiger partial charge on any atom is -0.345 e. The van der Waals surface area contributed by atoms with Crippen molar-refractivity contribution in [2.24, 2.45) is 5.92 Å². The van der Waals surface area contributed by atoms with Crippen LogP contribution in [0.25, 0.3) is 0 Å². The number of benzene rings is 1. The Bertz CT molecular complexity index is 575. The number of hydrogen-bond donors (Lipinski definition) is 1. The van der Waals surface area contributed by atoms with Crippen LogP contribution in [0.3, 0.4) is 0 Å². The van der Waals surface area contributed by atoms with Gasteiger partial charge in [-0.05, 0) is 12.1 Å². The van der Waals surface area contributed by atoms with Gasteiger partial charge in [-0.2, -0.15) is 0 Å². The van der Waals surface area contributed by atoms with Gasteiger partial charge in [0.1, 0.15) is 11.6 Å². The van der Waals surface area contributed by atoms with Gasteiger partial charge < -0.3 is 10.2 Å². The summed E-state index contributed by atoms with van der Waals surface area (Å²) in [4.78, 5) is 24.8. The highest BCUT2D eigenvalue weighted by molar-refractivity contribution is 6.00. The van der Waals surface area contributed by atoms with E-state index in [-0.39, 0.29) is 37.0 Å². The van der Waals surface area contributed by atoms with E-state index in [1.54, 1.807) is 0 Å². The Balaban J connectivity index is 2.13. The maximum atomic E-state index is 13.2. The molecule has 0 bridgehead atoms. The van der Waals surface area contributed by atoms with Crippen molar-refractivity contribution in [3.8, 4) is 12.3 Å². The molecular weight excluding hydrogens is 266 g/mol. The molecule has 0 radical (unpaired) electrons. The molecule has 104 valence electrons. The van der Waals surface area contributed by atoms with Crippen LogP contribution in [-0.4, -0.2) is 24.9 Å². The highest BCUT2D eigenvalue weighted by Gasteiger charge is 2.35. The number of nitrogens with one attached hydrogen (secondary N) is 1. The Hall–Kier alpha value is -2.42. The predicted octanol–water partition coefficient (Wildman–Crippen LogP) is 1.07. The van der Waals surface area contributed by atoms with Gasteiger partial charge in [0.05, 0.1) is 12.5 Å². The third kappa shape index (κ3) is 2.94. The molecule has 1 aromatic rings. The van der Waals surface area contributed by atoms with Crippen LogP contribution >= 0.6 is 0 Å². The lowest BCUT2D eigenvalue weighted by atomic mass is 10.1.